The molecule has 0 spiro atoms. The second kappa shape index (κ2) is 7.99. The highest BCUT2D eigenvalue weighted by molar-refractivity contribution is 6.08. The number of aryl methyl sites for hydroxylation is 1. The number of H-pyrrole nitrogens is 1. The van der Waals surface area contributed by atoms with Crippen molar-refractivity contribution >= 4 is 27.8 Å². The summed E-state index contributed by atoms with van der Waals surface area (Å²) in [6, 6.07) is 27.6. The molecule has 5 aromatic rings. The van der Waals surface area contributed by atoms with Gasteiger partial charge in [-0.05, 0) is 36.6 Å². The highest BCUT2D eigenvalue weighted by Crippen LogP contribution is 2.30. The van der Waals surface area contributed by atoms with Crippen LogP contribution >= 0.6 is 0 Å². The van der Waals surface area contributed by atoms with E-state index < -0.39 is 0 Å². The first kappa shape index (κ1) is 18.4. The van der Waals surface area contributed by atoms with Crippen molar-refractivity contribution in [3.05, 3.63) is 102 Å². The van der Waals surface area contributed by atoms with E-state index in [1.165, 1.54) is 16.7 Å². The second-order valence-corrected chi connectivity index (χ2v) is 7.74. The molecule has 4 heteroatoms. The molecule has 0 fully saturated rings. The Morgan fingerprint density at radius 3 is 2.33 bits per heavy atom. The maximum absolute atomic E-state index is 4.72. The van der Waals surface area contributed by atoms with E-state index in [1.54, 1.807) is 6.33 Å². The molecule has 0 aliphatic heterocycles. The fourth-order valence-corrected chi connectivity index (χ4v) is 4.01. The number of nitrogens with zero attached hydrogens (tertiary/aromatic N) is 3. The van der Waals surface area contributed by atoms with Gasteiger partial charge in [0.1, 0.15) is 17.4 Å². The second-order valence-electron chi connectivity index (χ2n) is 7.74. The van der Waals surface area contributed by atoms with Gasteiger partial charge >= 0.3 is 0 Å². The predicted molar refractivity (Wildman–Crippen MR) is 124 cm³/mol. The van der Waals surface area contributed by atoms with Crippen molar-refractivity contribution in [1.82, 2.24) is 15.0 Å². The molecule has 0 saturated carbocycles. The summed E-state index contributed by atoms with van der Waals surface area (Å²) in [6.07, 6.45) is 2.65. The SMILES string of the molecule is Cc1ccc2[nH]c3c(N(CCc4ccccc4)Cc4ccccc4)ncnc3c2c1. The minimum absolute atomic E-state index is 0.800. The Morgan fingerprint density at radius 2 is 1.57 bits per heavy atom. The highest BCUT2D eigenvalue weighted by atomic mass is 15.2. The van der Waals surface area contributed by atoms with Crippen LogP contribution in [0.15, 0.2) is 85.2 Å². The Labute approximate surface area is 176 Å². The first-order valence-corrected chi connectivity index (χ1v) is 10.3. The third-order valence-corrected chi connectivity index (χ3v) is 5.55. The molecule has 0 unspecified atom stereocenters. The van der Waals surface area contributed by atoms with Gasteiger partial charge < -0.3 is 9.88 Å². The van der Waals surface area contributed by atoms with Gasteiger partial charge in [0.2, 0.25) is 0 Å². The molecule has 0 bridgehead atoms. The zero-order valence-electron chi connectivity index (χ0n) is 17.0. The van der Waals surface area contributed by atoms with E-state index in [-0.39, 0.29) is 0 Å². The van der Waals surface area contributed by atoms with Crippen LogP contribution in [0.2, 0.25) is 0 Å². The number of nitrogens with one attached hydrogen (secondary N) is 1. The van der Waals surface area contributed by atoms with Gasteiger partial charge in [-0.25, -0.2) is 9.97 Å². The lowest BCUT2D eigenvalue weighted by molar-refractivity contribution is 0.770. The molecule has 0 radical (unpaired) electrons. The first-order valence-electron chi connectivity index (χ1n) is 10.3. The number of anilines is 1. The number of hydrogen-bond acceptors (Lipinski definition) is 3. The molecule has 0 amide bonds. The summed E-state index contributed by atoms with van der Waals surface area (Å²) >= 11 is 0. The molecule has 0 atom stereocenters. The summed E-state index contributed by atoms with van der Waals surface area (Å²) in [7, 11) is 0. The minimum atomic E-state index is 0.800. The Morgan fingerprint density at radius 1 is 0.833 bits per heavy atom. The molecule has 2 aromatic heterocycles. The van der Waals surface area contributed by atoms with Crippen LogP contribution < -0.4 is 4.90 Å². The van der Waals surface area contributed by atoms with Gasteiger partial charge in [-0.1, -0.05) is 72.3 Å². The summed E-state index contributed by atoms with van der Waals surface area (Å²) in [5.74, 6) is 0.952. The highest BCUT2D eigenvalue weighted by Gasteiger charge is 2.17. The van der Waals surface area contributed by atoms with Gasteiger partial charge in [0.05, 0.1) is 0 Å². The summed E-state index contributed by atoms with van der Waals surface area (Å²) < 4.78 is 0. The van der Waals surface area contributed by atoms with Crippen molar-refractivity contribution in [2.75, 3.05) is 11.4 Å². The molecular weight excluding hydrogens is 368 g/mol. The summed E-state index contributed by atoms with van der Waals surface area (Å²) in [5, 5.41) is 1.15. The van der Waals surface area contributed by atoms with Crippen LogP contribution in [0.5, 0.6) is 0 Å². The fraction of sp³-hybridized carbons (Fsp3) is 0.154. The van der Waals surface area contributed by atoms with Gasteiger partial charge in [-0.2, -0.15) is 0 Å². The van der Waals surface area contributed by atoms with Crippen molar-refractivity contribution < 1.29 is 0 Å². The van der Waals surface area contributed by atoms with Crippen molar-refractivity contribution in [2.24, 2.45) is 0 Å². The first-order chi connectivity index (χ1) is 14.8. The Bertz CT molecular complexity index is 1280. The number of fused-ring (bicyclic) bond motifs is 3. The lowest BCUT2D eigenvalue weighted by Gasteiger charge is -2.24. The zero-order chi connectivity index (χ0) is 20.3. The molecule has 3 aromatic carbocycles. The maximum atomic E-state index is 4.72. The standard InChI is InChI=1S/C26H24N4/c1-19-12-13-23-22(16-19)24-25(29-23)26(28-18-27-24)30(17-21-10-6-3-7-11-21)15-14-20-8-4-2-5-9-20/h2-13,16,18,29H,14-15,17H2,1H3. The Balaban J connectivity index is 1.57. The normalized spacial score (nSPS) is 11.2. The fourth-order valence-electron chi connectivity index (χ4n) is 4.01. The minimum Gasteiger partial charge on any atom is -0.350 e. The van der Waals surface area contributed by atoms with Crippen molar-refractivity contribution in [3.8, 4) is 0 Å². The lowest BCUT2D eigenvalue weighted by atomic mass is 10.1. The summed E-state index contributed by atoms with van der Waals surface area (Å²) in [5.41, 5.74) is 6.91. The van der Waals surface area contributed by atoms with E-state index in [9.17, 15) is 0 Å². The van der Waals surface area contributed by atoms with Crippen molar-refractivity contribution in [1.29, 1.82) is 0 Å². The number of aromatic nitrogens is 3. The molecule has 30 heavy (non-hydrogen) atoms. The number of hydrogen-bond donors (Lipinski definition) is 1. The summed E-state index contributed by atoms with van der Waals surface area (Å²) in [6.45, 7) is 3.79. The topological polar surface area (TPSA) is 44.8 Å². The van der Waals surface area contributed by atoms with Crippen molar-refractivity contribution in [2.45, 2.75) is 19.9 Å². The van der Waals surface area contributed by atoms with Crippen LogP contribution in [0.3, 0.4) is 0 Å². The van der Waals surface area contributed by atoms with E-state index in [4.69, 9.17) is 4.98 Å². The van der Waals surface area contributed by atoms with Gasteiger partial charge in [0, 0.05) is 24.0 Å². The number of rotatable bonds is 6. The van der Waals surface area contributed by atoms with Gasteiger partial charge in [-0.3, -0.25) is 0 Å². The van der Waals surface area contributed by atoms with E-state index >= 15 is 0 Å². The van der Waals surface area contributed by atoms with E-state index in [0.717, 1.165) is 47.3 Å². The van der Waals surface area contributed by atoms with Crippen LogP contribution in [-0.2, 0) is 13.0 Å². The van der Waals surface area contributed by atoms with Crippen LogP contribution in [0.1, 0.15) is 16.7 Å². The molecule has 2 heterocycles. The quantitative estimate of drug-likeness (QED) is 0.405. The average Bonchev–Trinajstić information content (AvgIpc) is 3.16. The van der Waals surface area contributed by atoms with Gasteiger partial charge in [-0.15, -0.1) is 0 Å². The monoisotopic (exact) mass is 392 g/mol. The Kier molecular flexibility index (Phi) is 4.89. The molecule has 0 aliphatic rings. The average molecular weight is 393 g/mol. The largest absolute Gasteiger partial charge is 0.350 e. The number of aromatic amines is 1. The molecular formula is C26H24N4. The Hall–Kier alpha value is -3.66. The number of benzene rings is 3. The third kappa shape index (κ3) is 3.64. The molecule has 5 rings (SSSR count). The molecule has 4 nitrogen and oxygen atoms in total. The van der Waals surface area contributed by atoms with E-state index in [1.807, 2.05) is 0 Å². The van der Waals surface area contributed by atoms with Crippen LogP contribution in [0.4, 0.5) is 5.82 Å². The van der Waals surface area contributed by atoms with Gasteiger partial charge in [0.15, 0.2) is 5.82 Å². The molecule has 0 aliphatic carbocycles. The van der Waals surface area contributed by atoms with Crippen LogP contribution in [0, 0.1) is 6.92 Å². The van der Waals surface area contributed by atoms with Crippen molar-refractivity contribution in [3.63, 3.8) is 0 Å². The predicted octanol–water partition coefficient (Wildman–Crippen LogP) is 5.67. The zero-order valence-corrected chi connectivity index (χ0v) is 17.0. The molecule has 1 N–H and O–H groups in total. The smallest absolute Gasteiger partial charge is 0.156 e. The van der Waals surface area contributed by atoms with E-state index in [0.29, 0.717) is 0 Å². The van der Waals surface area contributed by atoms with Crippen LogP contribution in [0.25, 0.3) is 21.9 Å². The summed E-state index contributed by atoms with van der Waals surface area (Å²) in [4.78, 5) is 15.3. The van der Waals surface area contributed by atoms with Gasteiger partial charge in [0.25, 0.3) is 0 Å². The lowest BCUT2D eigenvalue weighted by Crippen LogP contribution is -2.26. The van der Waals surface area contributed by atoms with Crippen LogP contribution in [-0.4, -0.2) is 21.5 Å². The third-order valence-electron chi connectivity index (χ3n) is 5.55. The van der Waals surface area contributed by atoms with E-state index in [2.05, 4.69) is 101 Å². The molecule has 0 saturated heterocycles. The molecule has 148 valence electrons. The maximum Gasteiger partial charge on any atom is 0.156 e.